The summed E-state index contributed by atoms with van der Waals surface area (Å²) in [5.41, 5.74) is -1.97. The highest BCUT2D eigenvalue weighted by molar-refractivity contribution is 6.08. The molecule has 2 unspecified atom stereocenters. The molecule has 0 aromatic carbocycles. The third-order valence-corrected chi connectivity index (χ3v) is 3.91. The Kier molecular flexibility index (Phi) is 4.23. The molecule has 0 saturated carbocycles. The van der Waals surface area contributed by atoms with Gasteiger partial charge in [0.2, 0.25) is 5.91 Å². The van der Waals surface area contributed by atoms with Crippen molar-refractivity contribution in [2.45, 2.75) is 38.3 Å². The molecule has 2 saturated heterocycles. The minimum atomic E-state index is -1.29. The van der Waals surface area contributed by atoms with Gasteiger partial charge in [-0.05, 0) is 20.8 Å². The first-order valence-electron chi connectivity index (χ1n) is 7.39. The largest absolute Gasteiger partial charge is 0.444 e. The van der Waals surface area contributed by atoms with E-state index in [4.69, 9.17) is 4.74 Å². The number of rotatable bonds is 2. The van der Waals surface area contributed by atoms with Crippen molar-refractivity contribution >= 4 is 23.9 Å². The van der Waals surface area contributed by atoms with Crippen molar-refractivity contribution in [3.63, 3.8) is 0 Å². The van der Waals surface area contributed by atoms with Gasteiger partial charge in [0, 0.05) is 25.9 Å². The van der Waals surface area contributed by atoms with Crippen molar-refractivity contribution in [2.24, 2.45) is 5.92 Å². The van der Waals surface area contributed by atoms with Crippen LogP contribution >= 0.6 is 0 Å². The standard InChI is InChI=1S/C14H22N4O5/c1-13(2,3)23-12(22)18-6-8(5-9(19)15-4)14(7-18)10(20)16-11(21)17-14/h8H,5-7H2,1-4H3,(H,15,19)(H2,16,17,20,21). The third kappa shape index (κ3) is 3.38. The van der Waals surface area contributed by atoms with Gasteiger partial charge >= 0.3 is 12.1 Å². The Morgan fingerprint density at radius 3 is 2.52 bits per heavy atom. The second kappa shape index (κ2) is 5.71. The van der Waals surface area contributed by atoms with Crippen molar-refractivity contribution in [3.8, 4) is 0 Å². The van der Waals surface area contributed by atoms with Crippen LogP contribution < -0.4 is 16.0 Å². The molecule has 0 aromatic rings. The number of hydrogen-bond acceptors (Lipinski definition) is 5. The molecule has 9 heteroatoms. The number of ether oxygens (including phenoxy) is 1. The highest BCUT2D eigenvalue weighted by Gasteiger charge is 2.58. The molecule has 3 N–H and O–H groups in total. The molecule has 0 aromatic heterocycles. The lowest BCUT2D eigenvalue weighted by atomic mass is 9.84. The minimum Gasteiger partial charge on any atom is -0.444 e. The van der Waals surface area contributed by atoms with E-state index in [1.54, 1.807) is 20.8 Å². The Bertz CT molecular complexity index is 556. The van der Waals surface area contributed by atoms with Gasteiger partial charge in [-0.3, -0.25) is 14.9 Å². The molecule has 2 aliphatic heterocycles. The molecule has 5 amide bonds. The molecule has 0 aliphatic carbocycles. The number of amides is 5. The average Bonchev–Trinajstić information content (AvgIpc) is 2.90. The predicted molar refractivity (Wildman–Crippen MR) is 79.4 cm³/mol. The van der Waals surface area contributed by atoms with Gasteiger partial charge in [0.15, 0.2) is 0 Å². The first-order valence-corrected chi connectivity index (χ1v) is 7.39. The lowest BCUT2D eigenvalue weighted by Crippen LogP contribution is -2.54. The maximum atomic E-state index is 12.2. The van der Waals surface area contributed by atoms with Crippen LogP contribution in [0.2, 0.25) is 0 Å². The lowest BCUT2D eigenvalue weighted by molar-refractivity contribution is -0.126. The van der Waals surface area contributed by atoms with Crippen molar-refractivity contribution in [1.82, 2.24) is 20.9 Å². The summed E-state index contributed by atoms with van der Waals surface area (Å²) in [6, 6.07) is -0.622. The van der Waals surface area contributed by atoms with Gasteiger partial charge in [0.1, 0.15) is 11.1 Å². The summed E-state index contributed by atoms with van der Waals surface area (Å²) in [7, 11) is 1.49. The highest BCUT2D eigenvalue weighted by Crippen LogP contribution is 2.33. The van der Waals surface area contributed by atoms with Crippen LogP contribution in [0.25, 0.3) is 0 Å². The number of hydrogen-bond donors (Lipinski definition) is 3. The zero-order valence-corrected chi connectivity index (χ0v) is 13.7. The molecule has 2 heterocycles. The molecule has 9 nitrogen and oxygen atoms in total. The quantitative estimate of drug-likeness (QED) is 0.595. The fourth-order valence-corrected chi connectivity index (χ4v) is 2.85. The second-order valence-electron chi connectivity index (χ2n) is 6.81. The molecule has 128 valence electrons. The number of nitrogens with one attached hydrogen (secondary N) is 3. The smallest absolute Gasteiger partial charge is 0.410 e. The summed E-state index contributed by atoms with van der Waals surface area (Å²) < 4.78 is 5.31. The summed E-state index contributed by atoms with van der Waals surface area (Å²) in [6.45, 7) is 5.34. The van der Waals surface area contributed by atoms with E-state index < -0.39 is 35.1 Å². The monoisotopic (exact) mass is 326 g/mol. The van der Waals surface area contributed by atoms with E-state index in [9.17, 15) is 19.2 Å². The number of imide groups is 1. The third-order valence-electron chi connectivity index (χ3n) is 3.91. The zero-order valence-electron chi connectivity index (χ0n) is 13.7. The molecule has 23 heavy (non-hydrogen) atoms. The van der Waals surface area contributed by atoms with E-state index in [1.165, 1.54) is 11.9 Å². The van der Waals surface area contributed by atoms with Crippen molar-refractivity contribution in [2.75, 3.05) is 20.1 Å². The molecule has 0 bridgehead atoms. The molecule has 2 atom stereocenters. The highest BCUT2D eigenvalue weighted by atomic mass is 16.6. The van der Waals surface area contributed by atoms with E-state index in [0.29, 0.717) is 0 Å². The number of urea groups is 1. The Hall–Kier alpha value is -2.32. The average molecular weight is 326 g/mol. The molecule has 0 radical (unpaired) electrons. The van der Waals surface area contributed by atoms with Crippen molar-refractivity contribution in [3.05, 3.63) is 0 Å². The fraction of sp³-hybridized carbons (Fsp3) is 0.714. The van der Waals surface area contributed by atoms with E-state index in [2.05, 4.69) is 16.0 Å². The van der Waals surface area contributed by atoms with E-state index in [0.717, 1.165) is 0 Å². The maximum absolute atomic E-state index is 12.2. The second-order valence-corrected chi connectivity index (χ2v) is 6.81. The van der Waals surface area contributed by atoms with Gasteiger partial charge in [0.25, 0.3) is 5.91 Å². The summed E-state index contributed by atoms with van der Waals surface area (Å²) in [5, 5.41) is 7.24. The van der Waals surface area contributed by atoms with Crippen LogP contribution in [-0.2, 0) is 14.3 Å². The van der Waals surface area contributed by atoms with Crippen molar-refractivity contribution in [1.29, 1.82) is 0 Å². The maximum Gasteiger partial charge on any atom is 0.410 e. The van der Waals surface area contributed by atoms with Gasteiger partial charge in [-0.25, -0.2) is 9.59 Å². The van der Waals surface area contributed by atoms with Crippen LogP contribution in [0.15, 0.2) is 0 Å². The summed E-state index contributed by atoms with van der Waals surface area (Å²) in [5.74, 6) is -1.32. The predicted octanol–water partition coefficient (Wildman–Crippen LogP) is -0.432. The number of nitrogens with zero attached hydrogens (tertiary/aromatic N) is 1. The van der Waals surface area contributed by atoms with Crippen LogP contribution in [-0.4, -0.2) is 60.1 Å². The Morgan fingerprint density at radius 1 is 1.39 bits per heavy atom. The van der Waals surface area contributed by atoms with Gasteiger partial charge in [-0.2, -0.15) is 0 Å². The van der Waals surface area contributed by atoms with Crippen LogP contribution in [0, 0.1) is 5.92 Å². The van der Waals surface area contributed by atoms with Gasteiger partial charge in [-0.1, -0.05) is 0 Å². The Labute approximate surface area is 134 Å². The first-order chi connectivity index (χ1) is 10.6. The van der Waals surface area contributed by atoms with Crippen LogP contribution in [0.1, 0.15) is 27.2 Å². The molecule has 2 rings (SSSR count). The number of carbonyl (C=O) groups excluding carboxylic acids is 4. The zero-order chi connectivity index (χ0) is 17.4. The molecule has 2 aliphatic rings. The first kappa shape index (κ1) is 17.0. The minimum absolute atomic E-state index is 0.0174. The molecule has 2 fully saturated rings. The van der Waals surface area contributed by atoms with Gasteiger partial charge < -0.3 is 20.3 Å². The fourth-order valence-electron chi connectivity index (χ4n) is 2.85. The summed E-state index contributed by atoms with van der Waals surface area (Å²) in [4.78, 5) is 49.1. The van der Waals surface area contributed by atoms with Crippen LogP contribution in [0.4, 0.5) is 9.59 Å². The Balaban J connectivity index is 2.22. The number of likely N-dealkylation sites (tertiary alicyclic amines) is 1. The lowest BCUT2D eigenvalue weighted by Gasteiger charge is -2.26. The van der Waals surface area contributed by atoms with Crippen LogP contribution in [0.5, 0.6) is 0 Å². The van der Waals surface area contributed by atoms with Gasteiger partial charge in [0.05, 0.1) is 6.54 Å². The van der Waals surface area contributed by atoms with E-state index in [1.807, 2.05) is 0 Å². The Morgan fingerprint density at radius 2 is 2.04 bits per heavy atom. The topological polar surface area (TPSA) is 117 Å². The van der Waals surface area contributed by atoms with Crippen molar-refractivity contribution < 1.29 is 23.9 Å². The van der Waals surface area contributed by atoms with Crippen LogP contribution in [0.3, 0.4) is 0 Å². The normalized spacial score (nSPS) is 27.0. The number of carbonyl (C=O) groups is 4. The summed E-state index contributed by atoms with van der Waals surface area (Å²) >= 11 is 0. The molecular formula is C14H22N4O5. The van der Waals surface area contributed by atoms with E-state index in [-0.39, 0.29) is 25.4 Å². The molecule has 1 spiro atoms. The van der Waals surface area contributed by atoms with Gasteiger partial charge in [-0.15, -0.1) is 0 Å². The summed E-state index contributed by atoms with van der Waals surface area (Å²) in [6.07, 6.45) is -0.561. The molecular weight excluding hydrogens is 304 g/mol. The SMILES string of the molecule is CNC(=O)CC1CN(C(=O)OC(C)(C)C)CC12NC(=O)NC2=O. The van der Waals surface area contributed by atoms with E-state index >= 15 is 0 Å².